The highest BCUT2D eigenvalue weighted by molar-refractivity contribution is 7.09. The summed E-state index contributed by atoms with van der Waals surface area (Å²) < 4.78 is 0. The molecule has 1 saturated heterocycles. The van der Waals surface area contributed by atoms with E-state index in [1.165, 1.54) is 4.88 Å². The van der Waals surface area contributed by atoms with E-state index in [-0.39, 0.29) is 5.91 Å². The first-order valence-corrected chi connectivity index (χ1v) is 7.54. The van der Waals surface area contributed by atoms with Gasteiger partial charge < -0.3 is 14.9 Å². The fourth-order valence-electron chi connectivity index (χ4n) is 2.63. The minimum Gasteiger partial charge on any atom is -0.387 e. The molecule has 0 radical (unpaired) electrons. The van der Waals surface area contributed by atoms with Gasteiger partial charge >= 0.3 is 0 Å². The van der Waals surface area contributed by atoms with Gasteiger partial charge in [-0.15, -0.1) is 11.3 Å². The Morgan fingerprint density at radius 1 is 1.58 bits per heavy atom. The summed E-state index contributed by atoms with van der Waals surface area (Å²) in [5.74, 6) is 0.156. The minimum atomic E-state index is -0.734. The van der Waals surface area contributed by atoms with E-state index in [0.29, 0.717) is 32.5 Å². The van der Waals surface area contributed by atoms with Crippen LogP contribution in [0.15, 0.2) is 17.5 Å². The highest BCUT2D eigenvalue weighted by Crippen LogP contribution is 2.23. The van der Waals surface area contributed by atoms with Crippen LogP contribution in [0, 0.1) is 0 Å². The Kier molecular flexibility index (Phi) is 4.60. The SMILES string of the molecule is CN(C)C[C@]1(O)CCN(C(=O)CCc2cccs2)C1. The van der Waals surface area contributed by atoms with E-state index in [1.54, 1.807) is 16.2 Å². The van der Waals surface area contributed by atoms with Crippen molar-refractivity contribution in [2.45, 2.75) is 24.9 Å². The molecule has 1 fully saturated rings. The lowest BCUT2D eigenvalue weighted by atomic mass is 10.0. The Morgan fingerprint density at radius 3 is 3.00 bits per heavy atom. The van der Waals surface area contributed by atoms with Gasteiger partial charge in [0.25, 0.3) is 0 Å². The fourth-order valence-corrected chi connectivity index (χ4v) is 3.34. The van der Waals surface area contributed by atoms with Gasteiger partial charge in [-0.25, -0.2) is 0 Å². The van der Waals surface area contributed by atoms with E-state index >= 15 is 0 Å². The van der Waals surface area contributed by atoms with Crippen molar-refractivity contribution >= 4 is 17.2 Å². The van der Waals surface area contributed by atoms with Crippen LogP contribution in [0.3, 0.4) is 0 Å². The number of hydrogen-bond acceptors (Lipinski definition) is 4. The Balaban J connectivity index is 1.81. The number of aliphatic hydroxyl groups is 1. The number of likely N-dealkylation sites (tertiary alicyclic amines) is 1. The molecule has 0 aromatic carbocycles. The number of likely N-dealkylation sites (N-methyl/N-ethyl adjacent to an activating group) is 1. The fraction of sp³-hybridized carbons (Fsp3) is 0.643. The Bertz CT molecular complexity index is 419. The zero-order chi connectivity index (χ0) is 13.9. The molecular formula is C14H22N2O2S. The molecule has 0 unspecified atom stereocenters. The molecule has 0 bridgehead atoms. The molecule has 0 spiro atoms. The van der Waals surface area contributed by atoms with Crippen LogP contribution < -0.4 is 0 Å². The molecule has 0 saturated carbocycles. The van der Waals surface area contributed by atoms with Crippen LogP contribution in [0.1, 0.15) is 17.7 Å². The minimum absolute atomic E-state index is 0.156. The van der Waals surface area contributed by atoms with Crippen molar-refractivity contribution in [1.29, 1.82) is 0 Å². The van der Waals surface area contributed by atoms with Gasteiger partial charge in [0.15, 0.2) is 0 Å². The molecule has 106 valence electrons. The molecule has 1 N–H and O–H groups in total. The average Bonchev–Trinajstić information content (AvgIpc) is 2.94. The number of carbonyl (C=O) groups is 1. The first-order chi connectivity index (χ1) is 8.98. The van der Waals surface area contributed by atoms with Crippen LogP contribution >= 0.6 is 11.3 Å². The maximum absolute atomic E-state index is 12.1. The van der Waals surface area contributed by atoms with Crippen LogP contribution in [0.5, 0.6) is 0 Å². The number of β-amino-alcohol motifs (C(OH)–C–C–N with tert-alkyl or cyclic N) is 1. The second-order valence-corrected chi connectivity index (χ2v) is 6.64. The third-order valence-electron chi connectivity index (χ3n) is 3.46. The molecule has 1 atom stereocenters. The molecular weight excluding hydrogens is 260 g/mol. The number of hydrogen-bond donors (Lipinski definition) is 1. The molecule has 4 nitrogen and oxygen atoms in total. The largest absolute Gasteiger partial charge is 0.387 e. The molecule has 0 aliphatic carbocycles. The van der Waals surface area contributed by atoms with Gasteiger partial charge in [0.1, 0.15) is 0 Å². The van der Waals surface area contributed by atoms with E-state index in [9.17, 15) is 9.90 Å². The highest BCUT2D eigenvalue weighted by atomic mass is 32.1. The number of nitrogens with zero attached hydrogens (tertiary/aromatic N) is 2. The normalized spacial score (nSPS) is 23.3. The van der Waals surface area contributed by atoms with Gasteiger partial charge in [-0.3, -0.25) is 4.79 Å². The lowest BCUT2D eigenvalue weighted by molar-refractivity contribution is -0.131. The quantitative estimate of drug-likeness (QED) is 0.883. The van der Waals surface area contributed by atoms with Crippen molar-refractivity contribution in [3.63, 3.8) is 0 Å². The smallest absolute Gasteiger partial charge is 0.223 e. The first kappa shape index (κ1) is 14.5. The highest BCUT2D eigenvalue weighted by Gasteiger charge is 2.38. The van der Waals surface area contributed by atoms with Crippen molar-refractivity contribution in [3.8, 4) is 0 Å². The lowest BCUT2D eigenvalue weighted by Crippen LogP contribution is -2.43. The summed E-state index contributed by atoms with van der Waals surface area (Å²) in [7, 11) is 3.89. The molecule has 1 aromatic rings. The molecule has 2 rings (SSSR count). The summed E-state index contributed by atoms with van der Waals surface area (Å²) in [6, 6.07) is 4.07. The molecule has 2 heterocycles. The van der Waals surface area contributed by atoms with Crippen molar-refractivity contribution in [2.75, 3.05) is 33.7 Å². The van der Waals surface area contributed by atoms with Gasteiger partial charge in [0.2, 0.25) is 5.91 Å². The van der Waals surface area contributed by atoms with Crippen molar-refractivity contribution in [1.82, 2.24) is 9.80 Å². The van der Waals surface area contributed by atoms with Crippen molar-refractivity contribution in [3.05, 3.63) is 22.4 Å². The maximum atomic E-state index is 12.1. The Morgan fingerprint density at radius 2 is 2.37 bits per heavy atom. The lowest BCUT2D eigenvalue weighted by Gasteiger charge is -2.26. The van der Waals surface area contributed by atoms with E-state index in [0.717, 1.165) is 6.42 Å². The number of aryl methyl sites for hydroxylation is 1. The van der Waals surface area contributed by atoms with Crippen molar-refractivity contribution < 1.29 is 9.90 Å². The third kappa shape index (κ3) is 4.03. The predicted molar refractivity (Wildman–Crippen MR) is 77.3 cm³/mol. The summed E-state index contributed by atoms with van der Waals surface area (Å²) in [6.07, 6.45) is 2.02. The van der Waals surface area contributed by atoms with Gasteiger partial charge in [0.05, 0.1) is 12.1 Å². The summed E-state index contributed by atoms with van der Waals surface area (Å²) in [4.78, 5) is 17.1. The van der Waals surface area contributed by atoms with E-state index < -0.39 is 5.60 Å². The number of rotatable bonds is 5. The van der Waals surface area contributed by atoms with Gasteiger partial charge in [0, 0.05) is 24.4 Å². The first-order valence-electron chi connectivity index (χ1n) is 6.66. The zero-order valence-corrected chi connectivity index (χ0v) is 12.4. The van der Waals surface area contributed by atoms with Crippen LogP contribution in [-0.4, -0.2) is 60.1 Å². The monoisotopic (exact) mass is 282 g/mol. The Labute approximate surface area is 118 Å². The second-order valence-electron chi connectivity index (χ2n) is 5.61. The summed E-state index contributed by atoms with van der Waals surface area (Å²) in [5.41, 5.74) is -0.734. The van der Waals surface area contributed by atoms with Crippen LogP contribution in [0.2, 0.25) is 0 Å². The molecule has 5 heteroatoms. The summed E-state index contributed by atoms with van der Waals surface area (Å²) >= 11 is 1.69. The topological polar surface area (TPSA) is 43.8 Å². The van der Waals surface area contributed by atoms with Gasteiger partial charge in [-0.2, -0.15) is 0 Å². The summed E-state index contributed by atoms with van der Waals surface area (Å²) in [6.45, 7) is 1.75. The molecule has 19 heavy (non-hydrogen) atoms. The van der Waals surface area contributed by atoms with Gasteiger partial charge in [-0.05, 0) is 38.4 Å². The maximum Gasteiger partial charge on any atom is 0.223 e. The number of amides is 1. The second kappa shape index (κ2) is 6.03. The molecule has 1 aliphatic rings. The van der Waals surface area contributed by atoms with Crippen LogP contribution in [0.4, 0.5) is 0 Å². The summed E-state index contributed by atoms with van der Waals surface area (Å²) in [5, 5.41) is 12.4. The molecule has 1 amide bonds. The van der Waals surface area contributed by atoms with E-state index in [1.807, 2.05) is 30.4 Å². The number of thiophene rings is 1. The third-order valence-corrected chi connectivity index (χ3v) is 4.40. The molecule has 1 aliphatic heterocycles. The van der Waals surface area contributed by atoms with Gasteiger partial charge in [-0.1, -0.05) is 6.07 Å². The van der Waals surface area contributed by atoms with Crippen molar-refractivity contribution in [2.24, 2.45) is 0 Å². The number of carbonyl (C=O) groups excluding carboxylic acids is 1. The molecule has 1 aromatic heterocycles. The van der Waals surface area contributed by atoms with E-state index in [2.05, 4.69) is 6.07 Å². The standard InChI is InChI=1S/C14H22N2O2S/c1-15(2)10-14(18)7-8-16(11-14)13(17)6-5-12-4-3-9-19-12/h3-4,9,18H,5-8,10-11H2,1-2H3/t14-/m1/s1. The predicted octanol–water partition coefficient (Wildman–Crippen LogP) is 1.21. The zero-order valence-electron chi connectivity index (χ0n) is 11.6. The van der Waals surface area contributed by atoms with Crippen LogP contribution in [-0.2, 0) is 11.2 Å². The van der Waals surface area contributed by atoms with Crippen LogP contribution in [0.25, 0.3) is 0 Å². The van der Waals surface area contributed by atoms with E-state index in [4.69, 9.17) is 0 Å². The Hall–Kier alpha value is -0.910. The average molecular weight is 282 g/mol.